The minimum absolute atomic E-state index is 0.105. The fourth-order valence-corrected chi connectivity index (χ4v) is 3.00. The number of anilines is 1. The Kier molecular flexibility index (Phi) is 5.94. The highest BCUT2D eigenvalue weighted by atomic mass is 16.5. The Hall–Kier alpha value is -3.80. The zero-order valence-electron chi connectivity index (χ0n) is 16.3. The first-order valence-electron chi connectivity index (χ1n) is 9.71. The van der Waals surface area contributed by atoms with Gasteiger partial charge in [0.05, 0.1) is 18.8 Å². The number of ether oxygens (including phenoxy) is 3. The first-order chi connectivity index (χ1) is 14.7. The first-order valence-corrected chi connectivity index (χ1v) is 9.71. The summed E-state index contributed by atoms with van der Waals surface area (Å²) in [6.45, 7) is 1.25. The maximum Gasteiger partial charge on any atom is 0.338 e. The summed E-state index contributed by atoms with van der Waals surface area (Å²) in [7, 11) is 0. The van der Waals surface area contributed by atoms with E-state index < -0.39 is 5.97 Å². The largest absolute Gasteiger partial charge is 0.490 e. The average Bonchev–Trinajstić information content (AvgIpc) is 3.03. The monoisotopic (exact) mass is 403 g/mol. The summed E-state index contributed by atoms with van der Waals surface area (Å²) in [6, 6.07) is 21.2. The summed E-state index contributed by atoms with van der Waals surface area (Å²) < 4.78 is 16.6. The highest BCUT2D eigenvalue weighted by molar-refractivity contribution is 6.04. The molecule has 152 valence electrons. The fraction of sp³-hybridized carbons (Fsp3) is 0.167. The number of para-hydroxylation sites is 1. The van der Waals surface area contributed by atoms with E-state index in [1.54, 1.807) is 42.5 Å². The Bertz CT molecular complexity index is 1030. The van der Waals surface area contributed by atoms with Crippen LogP contribution in [0.5, 0.6) is 11.5 Å². The van der Waals surface area contributed by atoms with Crippen LogP contribution in [0.1, 0.15) is 32.7 Å². The molecule has 6 heteroatoms. The number of hydrogen-bond donors (Lipinski definition) is 1. The van der Waals surface area contributed by atoms with Crippen molar-refractivity contribution >= 4 is 17.6 Å². The Morgan fingerprint density at radius 2 is 1.53 bits per heavy atom. The van der Waals surface area contributed by atoms with Crippen LogP contribution >= 0.6 is 0 Å². The summed E-state index contributed by atoms with van der Waals surface area (Å²) in [5.74, 6) is 0.539. The van der Waals surface area contributed by atoms with E-state index in [1.807, 2.05) is 30.3 Å². The van der Waals surface area contributed by atoms with E-state index in [4.69, 9.17) is 14.2 Å². The van der Waals surface area contributed by atoms with Crippen molar-refractivity contribution in [2.24, 2.45) is 0 Å². The molecule has 1 aliphatic rings. The molecule has 0 fully saturated rings. The second-order valence-electron chi connectivity index (χ2n) is 6.81. The summed E-state index contributed by atoms with van der Waals surface area (Å²) >= 11 is 0. The van der Waals surface area contributed by atoms with Crippen molar-refractivity contribution < 1.29 is 23.8 Å². The minimum Gasteiger partial charge on any atom is -0.490 e. The third-order valence-electron chi connectivity index (χ3n) is 4.60. The molecule has 1 heterocycles. The number of amides is 1. The highest BCUT2D eigenvalue weighted by Crippen LogP contribution is 2.30. The lowest BCUT2D eigenvalue weighted by Crippen LogP contribution is -2.12. The van der Waals surface area contributed by atoms with Gasteiger partial charge < -0.3 is 19.5 Å². The van der Waals surface area contributed by atoms with Crippen molar-refractivity contribution in [3.05, 3.63) is 89.5 Å². The van der Waals surface area contributed by atoms with Gasteiger partial charge in [0.25, 0.3) is 5.91 Å². The SMILES string of the molecule is O=C(Nc1ccccc1)c1ccc(COC(=O)c2ccc3c(c2)OCCCO3)cc1. The van der Waals surface area contributed by atoms with Crippen molar-refractivity contribution in [3.8, 4) is 11.5 Å². The van der Waals surface area contributed by atoms with Crippen molar-refractivity contribution in [2.45, 2.75) is 13.0 Å². The van der Waals surface area contributed by atoms with E-state index in [0.29, 0.717) is 35.8 Å². The first kappa shape index (κ1) is 19.5. The van der Waals surface area contributed by atoms with Gasteiger partial charge in [0, 0.05) is 17.7 Å². The van der Waals surface area contributed by atoms with Gasteiger partial charge >= 0.3 is 5.97 Å². The normalized spacial score (nSPS) is 12.5. The van der Waals surface area contributed by atoms with Gasteiger partial charge in [0.1, 0.15) is 6.61 Å². The van der Waals surface area contributed by atoms with E-state index in [0.717, 1.165) is 17.7 Å². The molecule has 4 rings (SSSR count). The molecule has 0 spiro atoms. The third-order valence-corrected chi connectivity index (χ3v) is 4.60. The van der Waals surface area contributed by atoms with Crippen LogP contribution < -0.4 is 14.8 Å². The number of benzene rings is 3. The number of hydrogen-bond acceptors (Lipinski definition) is 5. The molecule has 0 aliphatic carbocycles. The lowest BCUT2D eigenvalue weighted by molar-refractivity contribution is 0.0472. The van der Waals surface area contributed by atoms with Crippen LogP contribution in [-0.2, 0) is 11.3 Å². The molecule has 0 atom stereocenters. The van der Waals surface area contributed by atoms with Gasteiger partial charge in [-0.3, -0.25) is 4.79 Å². The number of carbonyl (C=O) groups excluding carboxylic acids is 2. The van der Waals surface area contributed by atoms with Gasteiger partial charge in [-0.15, -0.1) is 0 Å². The minimum atomic E-state index is -0.448. The molecule has 1 aliphatic heterocycles. The summed E-state index contributed by atoms with van der Waals surface area (Å²) in [5, 5.41) is 2.83. The number of rotatable bonds is 5. The maximum atomic E-state index is 12.4. The molecule has 3 aromatic rings. The quantitative estimate of drug-likeness (QED) is 0.637. The zero-order chi connectivity index (χ0) is 20.8. The second kappa shape index (κ2) is 9.13. The fourth-order valence-electron chi connectivity index (χ4n) is 3.00. The molecule has 1 amide bonds. The number of carbonyl (C=O) groups is 2. The molecule has 0 saturated carbocycles. The molecule has 3 aromatic carbocycles. The van der Waals surface area contributed by atoms with Gasteiger partial charge in [0.15, 0.2) is 11.5 Å². The lowest BCUT2D eigenvalue weighted by Gasteiger charge is -2.10. The number of fused-ring (bicyclic) bond motifs is 1. The van der Waals surface area contributed by atoms with Crippen molar-refractivity contribution in [1.82, 2.24) is 0 Å². The zero-order valence-corrected chi connectivity index (χ0v) is 16.3. The average molecular weight is 403 g/mol. The highest BCUT2D eigenvalue weighted by Gasteiger charge is 2.15. The van der Waals surface area contributed by atoms with Gasteiger partial charge in [-0.1, -0.05) is 30.3 Å². The lowest BCUT2D eigenvalue weighted by atomic mass is 10.1. The second-order valence-corrected chi connectivity index (χ2v) is 6.81. The van der Waals surface area contributed by atoms with Crippen LogP contribution in [0, 0.1) is 0 Å². The molecule has 0 bridgehead atoms. The van der Waals surface area contributed by atoms with Crippen molar-refractivity contribution in [3.63, 3.8) is 0 Å². The Morgan fingerprint density at radius 3 is 2.30 bits per heavy atom. The Balaban J connectivity index is 1.34. The van der Waals surface area contributed by atoms with Crippen LogP contribution in [0.4, 0.5) is 5.69 Å². The van der Waals surface area contributed by atoms with Gasteiger partial charge in [-0.25, -0.2) is 4.79 Å². The van der Waals surface area contributed by atoms with Crippen LogP contribution in [0.2, 0.25) is 0 Å². The van der Waals surface area contributed by atoms with Crippen LogP contribution in [0.15, 0.2) is 72.8 Å². The van der Waals surface area contributed by atoms with Crippen LogP contribution in [0.25, 0.3) is 0 Å². The third kappa shape index (κ3) is 4.78. The van der Waals surface area contributed by atoms with Crippen LogP contribution in [-0.4, -0.2) is 25.1 Å². The predicted octanol–water partition coefficient (Wildman–Crippen LogP) is 4.46. The standard InChI is InChI=1S/C24H21NO5/c26-23(25-20-5-2-1-3-6-20)18-9-7-17(8-10-18)16-30-24(27)19-11-12-21-22(15-19)29-14-4-13-28-21/h1-3,5-12,15H,4,13-14,16H2,(H,25,26). The molecule has 6 nitrogen and oxygen atoms in total. The summed E-state index contributed by atoms with van der Waals surface area (Å²) in [4.78, 5) is 24.7. The van der Waals surface area contributed by atoms with Gasteiger partial charge in [-0.2, -0.15) is 0 Å². The topological polar surface area (TPSA) is 73.9 Å². The van der Waals surface area contributed by atoms with E-state index in [-0.39, 0.29) is 12.5 Å². The Morgan fingerprint density at radius 1 is 0.833 bits per heavy atom. The maximum absolute atomic E-state index is 12.4. The van der Waals surface area contributed by atoms with E-state index in [2.05, 4.69) is 5.32 Å². The summed E-state index contributed by atoms with van der Waals surface area (Å²) in [6.07, 6.45) is 0.799. The molecular weight excluding hydrogens is 382 g/mol. The molecule has 0 unspecified atom stereocenters. The van der Waals surface area contributed by atoms with Crippen molar-refractivity contribution in [2.75, 3.05) is 18.5 Å². The molecular formula is C24H21NO5. The van der Waals surface area contributed by atoms with Gasteiger partial charge in [0.2, 0.25) is 0 Å². The molecule has 30 heavy (non-hydrogen) atoms. The summed E-state index contributed by atoms with van der Waals surface area (Å²) in [5.41, 5.74) is 2.44. The predicted molar refractivity (Wildman–Crippen MR) is 112 cm³/mol. The van der Waals surface area contributed by atoms with E-state index >= 15 is 0 Å². The number of esters is 1. The van der Waals surface area contributed by atoms with Crippen LogP contribution in [0.3, 0.4) is 0 Å². The van der Waals surface area contributed by atoms with Crippen molar-refractivity contribution in [1.29, 1.82) is 0 Å². The molecule has 0 saturated heterocycles. The van der Waals surface area contributed by atoms with E-state index in [1.165, 1.54) is 0 Å². The van der Waals surface area contributed by atoms with Gasteiger partial charge in [-0.05, 0) is 48.0 Å². The molecule has 0 aromatic heterocycles. The van der Waals surface area contributed by atoms with E-state index in [9.17, 15) is 9.59 Å². The smallest absolute Gasteiger partial charge is 0.338 e. The molecule has 1 N–H and O–H groups in total. The molecule has 0 radical (unpaired) electrons. The Labute approximate surface area is 174 Å². The number of nitrogens with one attached hydrogen (secondary N) is 1.